The summed E-state index contributed by atoms with van der Waals surface area (Å²) < 4.78 is 10.9. The molecule has 0 atom stereocenters. The van der Waals surface area contributed by atoms with E-state index in [1.807, 2.05) is 13.8 Å². The Morgan fingerprint density at radius 1 is 1.06 bits per heavy atom. The first kappa shape index (κ1) is 15.2. The molecular formula is C15H25NO2. The van der Waals surface area contributed by atoms with Gasteiger partial charge >= 0.3 is 0 Å². The Balaban J connectivity index is 2.06. The summed E-state index contributed by atoms with van der Waals surface area (Å²) in [5.41, 5.74) is 1.39. The van der Waals surface area contributed by atoms with Crippen molar-refractivity contribution >= 4 is 0 Å². The number of hydrogen-bond acceptors (Lipinski definition) is 3. The summed E-state index contributed by atoms with van der Waals surface area (Å²) in [5.74, 6) is 0. The molecule has 0 amide bonds. The van der Waals surface area contributed by atoms with Crippen LogP contribution in [-0.2, 0) is 15.9 Å². The van der Waals surface area contributed by atoms with Gasteiger partial charge in [-0.3, -0.25) is 0 Å². The first-order valence-corrected chi connectivity index (χ1v) is 6.84. The van der Waals surface area contributed by atoms with Gasteiger partial charge in [-0.1, -0.05) is 30.3 Å². The zero-order chi connectivity index (χ0) is 13.1. The second-order valence-corrected chi connectivity index (χ2v) is 4.13. The molecule has 102 valence electrons. The maximum absolute atomic E-state index is 5.46. The Morgan fingerprint density at radius 3 is 2.33 bits per heavy atom. The van der Waals surface area contributed by atoms with Crippen LogP contribution >= 0.6 is 0 Å². The number of rotatable bonds is 10. The molecule has 0 bridgehead atoms. The van der Waals surface area contributed by atoms with Crippen molar-refractivity contribution in [2.24, 2.45) is 0 Å². The lowest BCUT2D eigenvalue weighted by atomic mass is 10.1. The van der Waals surface area contributed by atoms with Crippen LogP contribution in [0.25, 0.3) is 0 Å². The van der Waals surface area contributed by atoms with Gasteiger partial charge in [0.25, 0.3) is 0 Å². The molecule has 18 heavy (non-hydrogen) atoms. The quantitative estimate of drug-likeness (QED) is 0.512. The van der Waals surface area contributed by atoms with Gasteiger partial charge in [0.05, 0.1) is 0 Å². The number of ether oxygens (including phenoxy) is 2. The maximum atomic E-state index is 5.46. The Labute approximate surface area is 110 Å². The first-order valence-electron chi connectivity index (χ1n) is 6.84. The third kappa shape index (κ3) is 6.74. The molecule has 0 radical (unpaired) electrons. The van der Waals surface area contributed by atoms with Gasteiger partial charge in [-0.2, -0.15) is 0 Å². The van der Waals surface area contributed by atoms with Crippen molar-refractivity contribution < 1.29 is 9.47 Å². The average Bonchev–Trinajstić information content (AvgIpc) is 2.40. The Bertz CT molecular complexity index is 284. The van der Waals surface area contributed by atoms with Gasteiger partial charge in [0, 0.05) is 19.8 Å². The highest BCUT2D eigenvalue weighted by Gasteiger charge is 2.06. The van der Waals surface area contributed by atoms with E-state index in [4.69, 9.17) is 9.47 Å². The van der Waals surface area contributed by atoms with Crippen LogP contribution in [0.1, 0.15) is 25.8 Å². The first-order chi connectivity index (χ1) is 8.86. The monoisotopic (exact) mass is 251 g/mol. The summed E-state index contributed by atoms with van der Waals surface area (Å²) in [6.45, 7) is 7.11. The molecule has 3 nitrogen and oxygen atoms in total. The molecule has 0 unspecified atom stereocenters. The van der Waals surface area contributed by atoms with E-state index in [2.05, 4.69) is 35.6 Å². The molecule has 0 aromatic heterocycles. The fraction of sp³-hybridized carbons (Fsp3) is 0.600. The van der Waals surface area contributed by atoms with Crippen LogP contribution in [0, 0.1) is 0 Å². The van der Waals surface area contributed by atoms with Gasteiger partial charge < -0.3 is 14.8 Å². The van der Waals surface area contributed by atoms with Gasteiger partial charge in [0.15, 0.2) is 6.29 Å². The van der Waals surface area contributed by atoms with E-state index in [0.717, 1.165) is 25.9 Å². The van der Waals surface area contributed by atoms with Crippen LogP contribution < -0.4 is 5.32 Å². The molecule has 0 fully saturated rings. The lowest BCUT2D eigenvalue weighted by molar-refractivity contribution is -0.132. The zero-order valence-electron chi connectivity index (χ0n) is 11.5. The molecule has 0 saturated heterocycles. The predicted molar refractivity (Wildman–Crippen MR) is 74.7 cm³/mol. The minimum absolute atomic E-state index is 0.114. The van der Waals surface area contributed by atoms with Crippen molar-refractivity contribution in [2.45, 2.75) is 33.0 Å². The summed E-state index contributed by atoms with van der Waals surface area (Å²) in [6, 6.07) is 10.6. The lowest BCUT2D eigenvalue weighted by Crippen LogP contribution is -2.32. The standard InChI is InChI=1S/C15H25NO2/c1-3-17-15(18-4-2)13-16-12-8-11-14-9-6-5-7-10-14/h5-7,9-10,15-16H,3-4,8,11-13H2,1-2H3. The van der Waals surface area contributed by atoms with E-state index < -0.39 is 0 Å². The molecule has 0 aliphatic heterocycles. The third-order valence-electron chi connectivity index (χ3n) is 2.68. The molecule has 3 heteroatoms. The van der Waals surface area contributed by atoms with Crippen molar-refractivity contribution in [3.8, 4) is 0 Å². The van der Waals surface area contributed by atoms with Crippen LogP contribution in [-0.4, -0.2) is 32.6 Å². The molecule has 0 aliphatic rings. The highest BCUT2D eigenvalue weighted by Crippen LogP contribution is 2.01. The minimum atomic E-state index is -0.114. The van der Waals surface area contributed by atoms with E-state index in [9.17, 15) is 0 Å². The summed E-state index contributed by atoms with van der Waals surface area (Å²) in [4.78, 5) is 0. The van der Waals surface area contributed by atoms with Crippen LogP contribution in [0.4, 0.5) is 0 Å². The summed E-state index contributed by atoms with van der Waals surface area (Å²) in [7, 11) is 0. The van der Waals surface area contributed by atoms with E-state index in [1.165, 1.54) is 5.56 Å². The molecule has 1 rings (SSSR count). The zero-order valence-corrected chi connectivity index (χ0v) is 11.5. The fourth-order valence-electron chi connectivity index (χ4n) is 1.82. The number of nitrogens with one attached hydrogen (secondary N) is 1. The Morgan fingerprint density at radius 2 is 1.72 bits per heavy atom. The lowest BCUT2D eigenvalue weighted by Gasteiger charge is -2.17. The van der Waals surface area contributed by atoms with Gasteiger partial charge in [-0.25, -0.2) is 0 Å². The SMILES string of the molecule is CCOC(CNCCCc1ccccc1)OCC. The largest absolute Gasteiger partial charge is 0.352 e. The van der Waals surface area contributed by atoms with Gasteiger partial charge in [-0.15, -0.1) is 0 Å². The topological polar surface area (TPSA) is 30.5 Å². The summed E-state index contributed by atoms with van der Waals surface area (Å²) in [5, 5.41) is 3.38. The van der Waals surface area contributed by atoms with Crippen LogP contribution in [0.5, 0.6) is 0 Å². The molecule has 1 aromatic rings. The van der Waals surface area contributed by atoms with Crippen LogP contribution in [0.15, 0.2) is 30.3 Å². The molecule has 1 N–H and O–H groups in total. The smallest absolute Gasteiger partial charge is 0.169 e. The van der Waals surface area contributed by atoms with E-state index in [1.54, 1.807) is 0 Å². The molecular weight excluding hydrogens is 226 g/mol. The fourth-order valence-corrected chi connectivity index (χ4v) is 1.82. The second kappa shape index (κ2) is 10.1. The highest BCUT2D eigenvalue weighted by molar-refractivity contribution is 5.14. The molecule has 1 aromatic carbocycles. The number of hydrogen-bond donors (Lipinski definition) is 1. The summed E-state index contributed by atoms with van der Waals surface area (Å²) >= 11 is 0. The predicted octanol–water partition coefficient (Wildman–Crippen LogP) is 2.61. The van der Waals surface area contributed by atoms with Crippen molar-refractivity contribution in [3.05, 3.63) is 35.9 Å². The van der Waals surface area contributed by atoms with Crippen LogP contribution in [0.2, 0.25) is 0 Å². The van der Waals surface area contributed by atoms with Gasteiger partial charge in [0.1, 0.15) is 0 Å². The van der Waals surface area contributed by atoms with Crippen molar-refractivity contribution in [1.82, 2.24) is 5.32 Å². The number of aryl methyl sites for hydroxylation is 1. The van der Waals surface area contributed by atoms with Gasteiger partial charge in [-0.05, 0) is 38.8 Å². The van der Waals surface area contributed by atoms with E-state index >= 15 is 0 Å². The Hall–Kier alpha value is -0.900. The highest BCUT2D eigenvalue weighted by atomic mass is 16.7. The normalized spacial score (nSPS) is 11.1. The minimum Gasteiger partial charge on any atom is -0.352 e. The van der Waals surface area contributed by atoms with Crippen molar-refractivity contribution in [3.63, 3.8) is 0 Å². The maximum Gasteiger partial charge on any atom is 0.169 e. The summed E-state index contributed by atoms with van der Waals surface area (Å²) in [6.07, 6.45) is 2.13. The van der Waals surface area contributed by atoms with Crippen LogP contribution in [0.3, 0.4) is 0 Å². The van der Waals surface area contributed by atoms with Crippen molar-refractivity contribution in [2.75, 3.05) is 26.3 Å². The molecule has 0 heterocycles. The second-order valence-electron chi connectivity index (χ2n) is 4.13. The molecule has 0 saturated carbocycles. The molecule has 0 aliphatic carbocycles. The van der Waals surface area contributed by atoms with Crippen molar-refractivity contribution in [1.29, 1.82) is 0 Å². The third-order valence-corrected chi connectivity index (χ3v) is 2.68. The number of benzene rings is 1. The Kier molecular flexibility index (Phi) is 8.47. The van der Waals surface area contributed by atoms with Gasteiger partial charge in [0.2, 0.25) is 0 Å². The average molecular weight is 251 g/mol. The van der Waals surface area contributed by atoms with E-state index in [-0.39, 0.29) is 6.29 Å². The molecule has 0 spiro atoms. The van der Waals surface area contributed by atoms with E-state index in [0.29, 0.717) is 13.2 Å².